The van der Waals surface area contributed by atoms with E-state index in [-0.39, 0.29) is 12.2 Å². The van der Waals surface area contributed by atoms with Crippen LogP contribution in [0.15, 0.2) is 24.3 Å². The first-order valence-corrected chi connectivity index (χ1v) is 13.0. The molecule has 13 nitrogen and oxygen atoms in total. The number of ether oxygens (including phenoxy) is 1. The molecule has 0 radical (unpaired) electrons. The Morgan fingerprint density at radius 1 is 0.769 bits per heavy atom. The second-order valence-corrected chi connectivity index (χ2v) is 9.31. The van der Waals surface area contributed by atoms with Crippen molar-refractivity contribution in [1.29, 1.82) is 0 Å². The molecule has 1 rings (SSSR count). The Bertz CT molecular complexity index is 970. The minimum atomic E-state index is -1.12. The fourth-order valence-electron chi connectivity index (χ4n) is 3.21. The van der Waals surface area contributed by atoms with Crippen LogP contribution >= 0.6 is 0 Å². The zero-order chi connectivity index (χ0) is 29.5. The smallest absolute Gasteiger partial charge is 0.243 e. The number of carbonyl (C=O) groups excluding carboxylic acids is 5. The standard InChI is InChI=1S/C26H42N6O7/c1-6-12-39-13-11-28-23(35)16(3)30-24(36)17(4)31-26(38)21(14-19-7-9-20(33)10-8-19)32-25(37)18(5)29-22(34)15(2)27/h7-10,15-18,21,33H,6,11-14,27H2,1-5H3,(H,28,35)(H,29,34)(H,30,36)(H,31,38)(H,32,37). The van der Waals surface area contributed by atoms with Gasteiger partial charge < -0.3 is 42.2 Å². The van der Waals surface area contributed by atoms with Gasteiger partial charge >= 0.3 is 0 Å². The first kappa shape index (κ1) is 33.3. The zero-order valence-corrected chi connectivity index (χ0v) is 23.2. The molecule has 0 aliphatic rings. The highest BCUT2D eigenvalue weighted by Crippen LogP contribution is 2.12. The van der Waals surface area contributed by atoms with Gasteiger partial charge in [0, 0.05) is 19.6 Å². The van der Waals surface area contributed by atoms with E-state index in [1.165, 1.54) is 39.8 Å². The van der Waals surface area contributed by atoms with E-state index in [2.05, 4.69) is 26.6 Å². The van der Waals surface area contributed by atoms with Crippen molar-refractivity contribution < 1.29 is 33.8 Å². The van der Waals surface area contributed by atoms with Gasteiger partial charge in [0.05, 0.1) is 12.6 Å². The molecule has 13 heteroatoms. The molecule has 0 aliphatic carbocycles. The lowest BCUT2D eigenvalue weighted by molar-refractivity contribution is -0.134. The van der Waals surface area contributed by atoms with Gasteiger partial charge in [-0.1, -0.05) is 19.1 Å². The van der Waals surface area contributed by atoms with Crippen LogP contribution in [0.3, 0.4) is 0 Å². The normalized spacial score (nSPS) is 14.6. The van der Waals surface area contributed by atoms with Crippen molar-refractivity contribution in [1.82, 2.24) is 26.6 Å². The molecule has 1 aromatic rings. The first-order chi connectivity index (χ1) is 18.3. The lowest BCUT2D eigenvalue weighted by Gasteiger charge is -2.24. The van der Waals surface area contributed by atoms with Crippen LogP contribution in [0.1, 0.15) is 46.6 Å². The summed E-state index contributed by atoms with van der Waals surface area (Å²) in [5, 5.41) is 22.3. The molecular formula is C26H42N6O7. The molecule has 0 aromatic heterocycles. The van der Waals surface area contributed by atoms with Crippen LogP contribution in [-0.4, -0.2) is 84.6 Å². The van der Waals surface area contributed by atoms with Gasteiger partial charge in [0.15, 0.2) is 0 Å². The molecule has 0 aliphatic heterocycles. The van der Waals surface area contributed by atoms with Crippen LogP contribution in [0.4, 0.5) is 0 Å². The van der Waals surface area contributed by atoms with Crippen molar-refractivity contribution in [2.45, 2.75) is 77.7 Å². The van der Waals surface area contributed by atoms with Gasteiger partial charge in [-0.15, -0.1) is 0 Å². The Labute approximate surface area is 229 Å². The minimum Gasteiger partial charge on any atom is -0.508 e. The number of aromatic hydroxyl groups is 1. The predicted octanol–water partition coefficient (Wildman–Crippen LogP) is -1.18. The lowest BCUT2D eigenvalue weighted by atomic mass is 10.0. The number of hydrogen-bond donors (Lipinski definition) is 7. The van der Waals surface area contributed by atoms with Crippen LogP contribution in [-0.2, 0) is 35.1 Å². The monoisotopic (exact) mass is 550 g/mol. The highest BCUT2D eigenvalue weighted by Gasteiger charge is 2.28. The summed E-state index contributed by atoms with van der Waals surface area (Å²) in [6, 6.07) is 1.25. The maximum atomic E-state index is 13.1. The highest BCUT2D eigenvalue weighted by molar-refractivity contribution is 5.95. The van der Waals surface area contributed by atoms with Crippen LogP contribution in [0.5, 0.6) is 5.75 Å². The Kier molecular flexibility index (Phi) is 14.5. The van der Waals surface area contributed by atoms with Crippen molar-refractivity contribution in [3.8, 4) is 5.75 Å². The first-order valence-electron chi connectivity index (χ1n) is 13.0. The summed E-state index contributed by atoms with van der Waals surface area (Å²) >= 11 is 0. The maximum Gasteiger partial charge on any atom is 0.243 e. The fourth-order valence-corrected chi connectivity index (χ4v) is 3.21. The molecule has 5 atom stereocenters. The molecule has 0 bridgehead atoms. The van der Waals surface area contributed by atoms with Gasteiger partial charge in [0.2, 0.25) is 29.5 Å². The Morgan fingerprint density at radius 3 is 1.85 bits per heavy atom. The molecule has 0 heterocycles. The summed E-state index contributed by atoms with van der Waals surface area (Å²) in [6.45, 7) is 9.10. The van der Waals surface area contributed by atoms with Crippen molar-refractivity contribution in [2.24, 2.45) is 5.73 Å². The number of benzene rings is 1. The number of nitrogens with two attached hydrogens (primary N) is 1. The SMILES string of the molecule is CCCOCCNC(=O)C(C)NC(=O)C(C)NC(=O)C(Cc1ccc(O)cc1)NC(=O)C(C)NC(=O)C(C)N. The molecule has 39 heavy (non-hydrogen) atoms. The van der Waals surface area contributed by atoms with Crippen LogP contribution in [0, 0.1) is 0 Å². The highest BCUT2D eigenvalue weighted by atomic mass is 16.5. The topological polar surface area (TPSA) is 201 Å². The van der Waals surface area contributed by atoms with Gasteiger partial charge in [-0.05, 0) is 51.8 Å². The van der Waals surface area contributed by atoms with Crippen molar-refractivity contribution >= 4 is 29.5 Å². The molecule has 1 aromatic carbocycles. The third kappa shape index (κ3) is 12.6. The quantitative estimate of drug-likeness (QED) is 0.125. The third-order valence-electron chi connectivity index (χ3n) is 5.57. The molecule has 5 unspecified atom stereocenters. The molecule has 0 saturated heterocycles. The van der Waals surface area contributed by atoms with Gasteiger partial charge in [0.1, 0.15) is 29.9 Å². The third-order valence-corrected chi connectivity index (χ3v) is 5.57. The summed E-state index contributed by atoms with van der Waals surface area (Å²) in [4.78, 5) is 62.6. The van der Waals surface area contributed by atoms with Crippen molar-refractivity contribution in [3.63, 3.8) is 0 Å². The molecule has 0 fully saturated rings. The second kappa shape index (κ2) is 17.0. The average molecular weight is 551 g/mol. The number of carbonyl (C=O) groups is 5. The van der Waals surface area contributed by atoms with Crippen molar-refractivity contribution in [3.05, 3.63) is 29.8 Å². The molecule has 5 amide bonds. The molecule has 0 spiro atoms. The zero-order valence-electron chi connectivity index (χ0n) is 23.2. The van der Waals surface area contributed by atoms with Crippen LogP contribution < -0.4 is 32.3 Å². The molecule has 8 N–H and O–H groups in total. The summed E-state index contributed by atoms with van der Waals surface area (Å²) in [5.41, 5.74) is 6.16. The Morgan fingerprint density at radius 2 is 1.28 bits per heavy atom. The lowest BCUT2D eigenvalue weighted by Crippen LogP contribution is -2.58. The van der Waals surface area contributed by atoms with Gasteiger partial charge in [0.25, 0.3) is 0 Å². The van der Waals surface area contributed by atoms with Crippen LogP contribution in [0.25, 0.3) is 0 Å². The van der Waals surface area contributed by atoms with E-state index in [4.69, 9.17) is 10.5 Å². The number of phenolic OH excluding ortho intramolecular Hbond substituents is 1. The van der Waals surface area contributed by atoms with E-state index in [1.54, 1.807) is 12.1 Å². The van der Waals surface area contributed by atoms with E-state index in [9.17, 15) is 29.1 Å². The van der Waals surface area contributed by atoms with Gasteiger partial charge in [-0.2, -0.15) is 0 Å². The summed E-state index contributed by atoms with van der Waals surface area (Å²) < 4.78 is 5.30. The van der Waals surface area contributed by atoms with E-state index in [0.29, 0.717) is 25.3 Å². The minimum absolute atomic E-state index is 0.0351. The number of nitrogens with one attached hydrogen (secondary N) is 5. The van der Waals surface area contributed by atoms with Gasteiger partial charge in [-0.25, -0.2) is 0 Å². The second-order valence-electron chi connectivity index (χ2n) is 9.31. The largest absolute Gasteiger partial charge is 0.508 e. The maximum absolute atomic E-state index is 13.1. The van der Waals surface area contributed by atoms with Crippen LogP contribution in [0.2, 0.25) is 0 Å². The van der Waals surface area contributed by atoms with E-state index < -0.39 is 59.7 Å². The number of rotatable bonds is 16. The number of amides is 5. The Hall–Kier alpha value is -3.71. The summed E-state index contributed by atoms with van der Waals surface area (Å²) in [7, 11) is 0. The van der Waals surface area contributed by atoms with E-state index in [0.717, 1.165) is 6.42 Å². The average Bonchev–Trinajstić information content (AvgIpc) is 2.88. The summed E-state index contributed by atoms with van der Waals surface area (Å²) in [5.74, 6) is -2.78. The Balaban J connectivity index is 2.81. The molecular weight excluding hydrogens is 508 g/mol. The van der Waals surface area contributed by atoms with E-state index in [1.807, 2.05) is 6.92 Å². The van der Waals surface area contributed by atoms with E-state index >= 15 is 0 Å². The fraction of sp³-hybridized carbons (Fsp3) is 0.577. The molecule has 0 saturated carbocycles. The number of phenols is 1. The van der Waals surface area contributed by atoms with Crippen molar-refractivity contribution in [2.75, 3.05) is 19.8 Å². The molecule has 218 valence electrons. The number of hydrogen-bond acceptors (Lipinski definition) is 8. The van der Waals surface area contributed by atoms with Gasteiger partial charge in [-0.3, -0.25) is 24.0 Å². The summed E-state index contributed by atoms with van der Waals surface area (Å²) in [6.07, 6.45) is 0.908. The predicted molar refractivity (Wildman–Crippen MR) is 144 cm³/mol.